The predicted molar refractivity (Wildman–Crippen MR) is 109 cm³/mol. The Morgan fingerprint density at radius 3 is 2.64 bits per heavy atom. The summed E-state index contributed by atoms with van der Waals surface area (Å²) < 4.78 is 12.0. The van der Waals surface area contributed by atoms with Crippen LogP contribution in [-0.4, -0.2) is 40.8 Å². The Bertz CT molecular complexity index is 339. The molecular formula is C16H34IN3OS. The SMILES string of the molecule is CCCCCCNC(=NC)NC1CCCC(S(=O)CC)C1.I. The van der Waals surface area contributed by atoms with Gasteiger partial charge in [-0.25, -0.2) is 0 Å². The van der Waals surface area contributed by atoms with Crippen molar-refractivity contribution in [1.82, 2.24) is 10.6 Å². The van der Waals surface area contributed by atoms with E-state index in [1.807, 2.05) is 14.0 Å². The van der Waals surface area contributed by atoms with Gasteiger partial charge in [-0.05, 0) is 25.7 Å². The minimum absolute atomic E-state index is 0. The van der Waals surface area contributed by atoms with Gasteiger partial charge in [0.25, 0.3) is 0 Å². The van der Waals surface area contributed by atoms with Crippen LogP contribution in [0.4, 0.5) is 0 Å². The van der Waals surface area contributed by atoms with Gasteiger partial charge in [0.2, 0.25) is 0 Å². The van der Waals surface area contributed by atoms with Crippen LogP contribution in [-0.2, 0) is 10.8 Å². The molecule has 0 saturated heterocycles. The van der Waals surface area contributed by atoms with E-state index in [0.29, 0.717) is 11.3 Å². The van der Waals surface area contributed by atoms with Crippen LogP contribution in [0.5, 0.6) is 0 Å². The standard InChI is InChI=1S/C16H33N3OS.HI/c1-4-6-7-8-12-18-16(17-3)19-14-10-9-11-15(13-14)21(20)5-2;/h14-15H,4-13H2,1-3H3,(H2,17,18,19);1H. The molecule has 1 rings (SSSR count). The molecule has 0 aromatic carbocycles. The maximum Gasteiger partial charge on any atom is 0.191 e. The Kier molecular flexibility index (Phi) is 13.7. The van der Waals surface area contributed by atoms with E-state index < -0.39 is 10.8 Å². The van der Waals surface area contributed by atoms with Gasteiger partial charge in [-0.2, -0.15) is 0 Å². The molecule has 0 spiro atoms. The molecule has 0 aromatic rings. The molecule has 3 unspecified atom stereocenters. The fourth-order valence-corrected chi connectivity index (χ4v) is 4.25. The van der Waals surface area contributed by atoms with Crippen LogP contribution in [0, 0.1) is 0 Å². The molecule has 1 fully saturated rings. The van der Waals surface area contributed by atoms with Gasteiger partial charge < -0.3 is 10.6 Å². The number of guanidine groups is 1. The zero-order valence-electron chi connectivity index (χ0n) is 14.4. The summed E-state index contributed by atoms with van der Waals surface area (Å²) in [6.07, 6.45) is 9.50. The second kappa shape index (κ2) is 13.6. The molecule has 1 saturated carbocycles. The molecule has 22 heavy (non-hydrogen) atoms. The van der Waals surface area contributed by atoms with Crippen molar-refractivity contribution in [2.45, 2.75) is 76.5 Å². The summed E-state index contributed by atoms with van der Waals surface area (Å²) in [6, 6.07) is 0.418. The van der Waals surface area contributed by atoms with Gasteiger partial charge in [0.15, 0.2) is 5.96 Å². The minimum atomic E-state index is -0.660. The highest BCUT2D eigenvalue weighted by molar-refractivity contribution is 14.0. The van der Waals surface area contributed by atoms with Gasteiger partial charge in [0.05, 0.1) is 0 Å². The fourth-order valence-electron chi connectivity index (χ4n) is 2.90. The first-order valence-electron chi connectivity index (χ1n) is 8.55. The number of unbranched alkanes of at least 4 members (excludes halogenated alkanes) is 3. The Morgan fingerprint density at radius 2 is 2.00 bits per heavy atom. The Balaban J connectivity index is 0.00000441. The van der Waals surface area contributed by atoms with Gasteiger partial charge in [0.1, 0.15) is 0 Å². The Hall–Kier alpha value is 0.150. The van der Waals surface area contributed by atoms with E-state index in [1.165, 1.54) is 32.1 Å². The van der Waals surface area contributed by atoms with Crippen LogP contribution in [0.15, 0.2) is 4.99 Å². The molecular weight excluding hydrogens is 409 g/mol. The van der Waals surface area contributed by atoms with Crippen molar-refractivity contribution in [3.05, 3.63) is 0 Å². The van der Waals surface area contributed by atoms with Gasteiger partial charge in [-0.1, -0.05) is 39.5 Å². The van der Waals surface area contributed by atoms with E-state index in [9.17, 15) is 4.21 Å². The summed E-state index contributed by atoms with van der Waals surface area (Å²) in [5.41, 5.74) is 0. The van der Waals surface area contributed by atoms with Gasteiger partial charge in [-0.3, -0.25) is 9.20 Å². The fraction of sp³-hybridized carbons (Fsp3) is 0.938. The van der Waals surface area contributed by atoms with E-state index in [4.69, 9.17) is 0 Å². The van der Waals surface area contributed by atoms with Crippen LogP contribution in [0.3, 0.4) is 0 Å². The normalized spacial score (nSPS) is 23.5. The lowest BCUT2D eigenvalue weighted by Crippen LogP contribution is -2.46. The van der Waals surface area contributed by atoms with Crippen LogP contribution in [0.2, 0.25) is 0 Å². The topological polar surface area (TPSA) is 53.5 Å². The molecule has 2 N–H and O–H groups in total. The molecule has 0 radical (unpaired) electrons. The lowest BCUT2D eigenvalue weighted by molar-refractivity contribution is 0.413. The molecule has 0 aromatic heterocycles. The van der Waals surface area contributed by atoms with Crippen LogP contribution < -0.4 is 10.6 Å². The average molecular weight is 443 g/mol. The molecule has 132 valence electrons. The molecule has 0 bridgehead atoms. The first-order valence-corrected chi connectivity index (χ1v) is 9.93. The van der Waals surface area contributed by atoms with E-state index >= 15 is 0 Å². The molecule has 1 aliphatic carbocycles. The number of rotatable bonds is 8. The third-order valence-corrected chi connectivity index (χ3v) is 5.91. The third kappa shape index (κ3) is 8.70. The molecule has 1 aliphatic rings. The molecule has 6 heteroatoms. The molecule has 0 amide bonds. The number of aliphatic imine (C=N–C) groups is 1. The molecule has 3 atom stereocenters. The number of hydrogen-bond acceptors (Lipinski definition) is 2. The number of nitrogens with one attached hydrogen (secondary N) is 2. The second-order valence-corrected chi connectivity index (χ2v) is 7.86. The van der Waals surface area contributed by atoms with Crippen molar-refractivity contribution < 1.29 is 4.21 Å². The smallest absolute Gasteiger partial charge is 0.191 e. The van der Waals surface area contributed by atoms with Gasteiger partial charge >= 0.3 is 0 Å². The van der Waals surface area contributed by atoms with Crippen LogP contribution in [0.25, 0.3) is 0 Å². The van der Waals surface area contributed by atoms with E-state index in [0.717, 1.165) is 37.5 Å². The van der Waals surface area contributed by atoms with E-state index in [1.54, 1.807) is 0 Å². The number of nitrogens with zero attached hydrogens (tertiary/aromatic N) is 1. The number of halogens is 1. The largest absolute Gasteiger partial charge is 0.356 e. The summed E-state index contributed by atoms with van der Waals surface area (Å²) in [5.74, 6) is 1.68. The van der Waals surface area contributed by atoms with Crippen molar-refractivity contribution in [3.8, 4) is 0 Å². The number of hydrogen-bond donors (Lipinski definition) is 2. The van der Waals surface area contributed by atoms with Crippen molar-refractivity contribution in [3.63, 3.8) is 0 Å². The lowest BCUT2D eigenvalue weighted by Gasteiger charge is -2.30. The Morgan fingerprint density at radius 1 is 1.23 bits per heavy atom. The zero-order chi connectivity index (χ0) is 15.5. The molecule has 0 heterocycles. The van der Waals surface area contributed by atoms with Crippen LogP contribution >= 0.6 is 24.0 Å². The summed E-state index contributed by atoms with van der Waals surface area (Å²) in [4.78, 5) is 4.31. The first-order chi connectivity index (χ1) is 10.2. The lowest BCUT2D eigenvalue weighted by atomic mass is 9.95. The van der Waals surface area contributed by atoms with Crippen molar-refractivity contribution in [1.29, 1.82) is 0 Å². The quantitative estimate of drug-likeness (QED) is 0.262. The highest BCUT2D eigenvalue weighted by Gasteiger charge is 2.25. The van der Waals surface area contributed by atoms with Crippen molar-refractivity contribution >= 4 is 40.7 Å². The summed E-state index contributed by atoms with van der Waals surface area (Å²) in [5, 5.41) is 7.27. The minimum Gasteiger partial charge on any atom is -0.356 e. The van der Waals surface area contributed by atoms with Gasteiger partial charge in [0, 0.05) is 41.4 Å². The third-order valence-electron chi connectivity index (χ3n) is 4.17. The zero-order valence-corrected chi connectivity index (χ0v) is 17.5. The first kappa shape index (κ1) is 22.1. The van der Waals surface area contributed by atoms with E-state index in [2.05, 4.69) is 22.5 Å². The monoisotopic (exact) mass is 443 g/mol. The van der Waals surface area contributed by atoms with Crippen molar-refractivity contribution in [2.24, 2.45) is 4.99 Å². The maximum atomic E-state index is 12.0. The van der Waals surface area contributed by atoms with E-state index in [-0.39, 0.29) is 24.0 Å². The molecule has 0 aliphatic heterocycles. The summed E-state index contributed by atoms with van der Waals surface area (Å²) in [7, 11) is 1.16. The highest BCUT2D eigenvalue weighted by Crippen LogP contribution is 2.22. The Labute approximate surface area is 156 Å². The van der Waals surface area contributed by atoms with Crippen molar-refractivity contribution in [2.75, 3.05) is 19.3 Å². The summed E-state index contributed by atoms with van der Waals surface area (Å²) >= 11 is 0. The molecule has 4 nitrogen and oxygen atoms in total. The predicted octanol–water partition coefficient (Wildman–Crippen LogP) is 3.43. The highest BCUT2D eigenvalue weighted by atomic mass is 127. The van der Waals surface area contributed by atoms with Crippen LogP contribution in [0.1, 0.15) is 65.2 Å². The second-order valence-electron chi connectivity index (χ2n) is 5.86. The summed E-state index contributed by atoms with van der Waals surface area (Å²) in [6.45, 7) is 5.23. The van der Waals surface area contributed by atoms with Gasteiger partial charge in [-0.15, -0.1) is 24.0 Å². The maximum absolute atomic E-state index is 12.0. The average Bonchev–Trinajstić information content (AvgIpc) is 2.53.